The van der Waals surface area contributed by atoms with Gasteiger partial charge in [-0.25, -0.2) is 4.98 Å². The Kier molecular flexibility index (Phi) is 2.76. The van der Waals surface area contributed by atoms with Crippen LogP contribution in [0.4, 0.5) is 11.8 Å². The maximum Gasteiger partial charge on any atom is 0.222 e. The number of nitrogen functional groups attached to an aromatic ring is 1. The van der Waals surface area contributed by atoms with Crippen LogP contribution in [-0.2, 0) is 0 Å². The fraction of sp³-hybridized carbons (Fsp3) is 0.0667. The van der Waals surface area contributed by atoms with Gasteiger partial charge in [-0.15, -0.1) is 0 Å². The molecule has 0 fully saturated rings. The number of hydrogen-bond donors (Lipinski definition) is 2. The minimum atomic E-state index is 0.269. The van der Waals surface area contributed by atoms with Crippen molar-refractivity contribution in [1.82, 2.24) is 9.97 Å². The SMILES string of the molecule is CNc1nc(N)nc2cc(-c3[c]cccc3)ccc12. The molecule has 0 bridgehead atoms. The van der Waals surface area contributed by atoms with Crippen molar-refractivity contribution in [1.29, 1.82) is 0 Å². The van der Waals surface area contributed by atoms with Crippen molar-refractivity contribution in [2.75, 3.05) is 18.1 Å². The third-order valence-electron chi connectivity index (χ3n) is 2.97. The smallest absolute Gasteiger partial charge is 0.222 e. The molecule has 0 saturated carbocycles. The van der Waals surface area contributed by atoms with E-state index in [0.29, 0.717) is 0 Å². The van der Waals surface area contributed by atoms with E-state index in [0.717, 1.165) is 27.8 Å². The highest BCUT2D eigenvalue weighted by Crippen LogP contribution is 2.26. The van der Waals surface area contributed by atoms with E-state index in [-0.39, 0.29) is 5.95 Å². The topological polar surface area (TPSA) is 63.8 Å². The number of aromatic nitrogens is 2. The number of fused-ring (bicyclic) bond motifs is 1. The lowest BCUT2D eigenvalue weighted by atomic mass is 10.0. The number of nitrogens with zero attached hydrogens (tertiary/aromatic N) is 2. The van der Waals surface area contributed by atoms with Crippen molar-refractivity contribution in [3.8, 4) is 11.1 Å². The summed E-state index contributed by atoms with van der Waals surface area (Å²) in [4.78, 5) is 8.45. The van der Waals surface area contributed by atoms with E-state index in [2.05, 4.69) is 21.4 Å². The molecular weight excluding hydrogens is 236 g/mol. The first-order valence-electron chi connectivity index (χ1n) is 6.00. The van der Waals surface area contributed by atoms with E-state index < -0.39 is 0 Å². The summed E-state index contributed by atoms with van der Waals surface area (Å²) in [6.07, 6.45) is 0. The van der Waals surface area contributed by atoms with Gasteiger partial charge >= 0.3 is 0 Å². The van der Waals surface area contributed by atoms with Gasteiger partial charge < -0.3 is 11.1 Å². The zero-order valence-electron chi connectivity index (χ0n) is 10.5. The second kappa shape index (κ2) is 4.57. The van der Waals surface area contributed by atoms with Gasteiger partial charge in [-0.2, -0.15) is 4.98 Å². The lowest BCUT2D eigenvalue weighted by Crippen LogP contribution is -2.01. The van der Waals surface area contributed by atoms with E-state index in [9.17, 15) is 0 Å². The first kappa shape index (κ1) is 11.5. The lowest BCUT2D eigenvalue weighted by Gasteiger charge is -2.07. The molecule has 0 spiro atoms. The summed E-state index contributed by atoms with van der Waals surface area (Å²) >= 11 is 0. The fourth-order valence-electron chi connectivity index (χ4n) is 2.08. The highest BCUT2D eigenvalue weighted by Gasteiger charge is 2.06. The maximum absolute atomic E-state index is 5.72. The molecule has 0 atom stereocenters. The van der Waals surface area contributed by atoms with Crippen LogP contribution in [0.15, 0.2) is 42.5 Å². The summed E-state index contributed by atoms with van der Waals surface area (Å²) in [5.74, 6) is 1.01. The van der Waals surface area contributed by atoms with Crippen LogP contribution in [0.2, 0.25) is 0 Å². The third-order valence-corrected chi connectivity index (χ3v) is 2.97. The van der Waals surface area contributed by atoms with Crippen molar-refractivity contribution in [3.63, 3.8) is 0 Å². The van der Waals surface area contributed by atoms with Crippen molar-refractivity contribution < 1.29 is 0 Å². The first-order chi connectivity index (χ1) is 9.28. The normalized spacial score (nSPS) is 10.6. The van der Waals surface area contributed by atoms with Gasteiger partial charge in [0.2, 0.25) is 5.95 Å². The quantitative estimate of drug-likeness (QED) is 0.733. The molecule has 1 radical (unpaired) electrons. The Labute approximate surface area is 111 Å². The molecule has 4 heteroatoms. The van der Waals surface area contributed by atoms with Crippen molar-refractivity contribution in [2.45, 2.75) is 0 Å². The summed E-state index contributed by atoms with van der Waals surface area (Å²) < 4.78 is 0. The molecule has 3 rings (SSSR count). The summed E-state index contributed by atoms with van der Waals surface area (Å²) in [6, 6.07) is 17.1. The molecule has 3 N–H and O–H groups in total. The fourth-order valence-corrected chi connectivity index (χ4v) is 2.08. The molecule has 2 aromatic carbocycles. The van der Waals surface area contributed by atoms with Crippen molar-refractivity contribution >= 4 is 22.7 Å². The number of benzene rings is 2. The van der Waals surface area contributed by atoms with Gasteiger partial charge in [-0.3, -0.25) is 0 Å². The van der Waals surface area contributed by atoms with Crippen LogP contribution in [0, 0.1) is 6.07 Å². The predicted molar refractivity (Wildman–Crippen MR) is 77.8 cm³/mol. The summed E-state index contributed by atoms with van der Waals surface area (Å²) in [5, 5.41) is 3.99. The van der Waals surface area contributed by atoms with Gasteiger partial charge in [0.05, 0.1) is 5.52 Å². The highest BCUT2D eigenvalue weighted by atomic mass is 15.1. The number of rotatable bonds is 2. The lowest BCUT2D eigenvalue weighted by molar-refractivity contribution is 1.22. The average molecular weight is 249 g/mol. The first-order valence-corrected chi connectivity index (χ1v) is 6.00. The van der Waals surface area contributed by atoms with Gasteiger partial charge in [0, 0.05) is 12.4 Å². The molecule has 0 unspecified atom stereocenters. The molecule has 0 aliphatic rings. The maximum atomic E-state index is 5.72. The zero-order chi connectivity index (χ0) is 13.2. The van der Waals surface area contributed by atoms with Gasteiger partial charge in [0.1, 0.15) is 5.82 Å². The summed E-state index contributed by atoms with van der Waals surface area (Å²) in [7, 11) is 1.82. The van der Waals surface area contributed by atoms with Crippen LogP contribution in [0.5, 0.6) is 0 Å². The van der Waals surface area contributed by atoms with Crippen LogP contribution < -0.4 is 11.1 Å². The zero-order valence-corrected chi connectivity index (χ0v) is 10.5. The van der Waals surface area contributed by atoms with E-state index >= 15 is 0 Å². The molecule has 19 heavy (non-hydrogen) atoms. The Morgan fingerprint density at radius 1 is 1.16 bits per heavy atom. The van der Waals surface area contributed by atoms with Gasteiger partial charge in [0.15, 0.2) is 0 Å². The molecule has 0 saturated heterocycles. The number of nitrogens with one attached hydrogen (secondary N) is 1. The Hall–Kier alpha value is -2.62. The van der Waals surface area contributed by atoms with E-state index in [4.69, 9.17) is 5.73 Å². The number of nitrogens with two attached hydrogens (primary N) is 1. The Morgan fingerprint density at radius 2 is 2.05 bits per heavy atom. The molecule has 0 aliphatic heterocycles. The molecular formula is C15H13N4. The van der Waals surface area contributed by atoms with Crippen LogP contribution in [0.25, 0.3) is 22.0 Å². The van der Waals surface area contributed by atoms with E-state index in [1.54, 1.807) is 0 Å². The monoisotopic (exact) mass is 249 g/mol. The standard InChI is InChI=1S/C15H13N4/c1-17-14-12-8-7-11(10-5-3-2-4-6-10)9-13(12)18-15(16)19-14/h2-5,7-9H,1H3,(H3,16,17,18,19). The highest BCUT2D eigenvalue weighted by molar-refractivity contribution is 5.92. The Morgan fingerprint density at radius 3 is 2.79 bits per heavy atom. The molecule has 1 aromatic heterocycles. The minimum absolute atomic E-state index is 0.269. The van der Waals surface area contributed by atoms with Crippen molar-refractivity contribution in [3.05, 3.63) is 48.5 Å². The molecule has 0 aliphatic carbocycles. The van der Waals surface area contributed by atoms with Gasteiger partial charge in [-0.05, 0) is 29.3 Å². The number of anilines is 2. The van der Waals surface area contributed by atoms with Gasteiger partial charge in [-0.1, -0.05) is 30.3 Å². The molecule has 1 heterocycles. The average Bonchev–Trinajstić information content (AvgIpc) is 2.46. The van der Waals surface area contributed by atoms with Crippen LogP contribution in [0.3, 0.4) is 0 Å². The van der Waals surface area contributed by atoms with E-state index in [1.807, 2.05) is 49.5 Å². The Bertz CT molecular complexity index is 723. The van der Waals surface area contributed by atoms with E-state index in [1.165, 1.54) is 0 Å². The predicted octanol–water partition coefficient (Wildman–Crippen LogP) is 2.72. The third kappa shape index (κ3) is 2.08. The second-order valence-corrected chi connectivity index (χ2v) is 4.19. The van der Waals surface area contributed by atoms with Gasteiger partial charge in [0.25, 0.3) is 0 Å². The second-order valence-electron chi connectivity index (χ2n) is 4.19. The molecule has 3 aromatic rings. The van der Waals surface area contributed by atoms with Crippen molar-refractivity contribution in [2.24, 2.45) is 0 Å². The largest absolute Gasteiger partial charge is 0.372 e. The number of hydrogen-bond acceptors (Lipinski definition) is 4. The van der Waals surface area contributed by atoms with Crippen LogP contribution >= 0.6 is 0 Å². The van der Waals surface area contributed by atoms with Crippen LogP contribution in [-0.4, -0.2) is 17.0 Å². The molecule has 0 amide bonds. The van der Waals surface area contributed by atoms with Crippen LogP contribution in [0.1, 0.15) is 0 Å². The minimum Gasteiger partial charge on any atom is -0.372 e. The molecule has 93 valence electrons. The molecule has 4 nitrogen and oxygen atoms in total. The Balaban J connectivity index is 2.21. The summed E-state index contributed by atoms with van der Waals surface area (Å²) in [5.41, 5.74) is 8.64. The summed E-state index contributed by atoms with van der Waals surface area (Å²) in [6.45, 7) is 0.